The topological polar surface area (TPSA) is 157 Å². The van der Waals surface area contributed by atoms with Crippen LogP contribution in [-0.4, -0.2) is 49.8 Å². The fourth-order valence-electron chi connectivity index (χ4n) is 4.12. The third-order valence-electron chi connectivity index (χ3n) is 6.09. The summed E-state index contributed by atoms with van der Waals surface area (Å²) in [5.74, 6) is -3.74. The lowest BCUT2D eigenvalue weighted by Crippen LogP contribution is -2.42. The number of hydrogen-bond donors (Lipinski definition) is 5. The summed E-state index contributed by atoms with van der Waals surface area (Å²) in [5.41, 5.74) is 0.962. The van der Waals surface area contributed by atoms with Crippen LogP contribution in [0.4, 0.5) is 0 Å². The molecular formula is C28H22Cl2N2O7. The summed E-state index contributed by atoms with van der Waals surface area (Å²) in [6.07, 6.45) is -0.238. The van der Waals surface area contributed by atoms with Gasteiger partial charge < -0.3 is 25.6 Å². The van der Waals surface area contributed by atoms with E-state index in [0.717, 1.165) is 5.56 Å². The number of rotatable bonds is 10. The van der Waals surface area contributed by atoms with Crippen LogP contribution in [0.25, 0.3) is 10.9 Å². The number of benzene rings is 3. The molecule has 5 N–H and O–H groups in total. The Bertz CT molecular complexity index is 1590. The quantitative estimate of drug-likeness (QED) is 0.165. The minimum absolute atomic E-state index is 0.0860. The first kappa shape index (κ1) is 27.7. The number of nitrogens with one attached hydrogen (secondary N) is 2. The Morgan fingerprint density at radius 2 is 1.59 bits per heavy atom. The van der Waals surface area contributed by atoms with Gasteiger partial charge in [0.2, 0.25) is 0 Å². The highest BCUT2D eigenvalue weighted by Crippen LogP contribution is 2.30. The van der Waals surface area contributed by atoms with Gasteiger partial charge in [-0.3, -0.25) is 14.4 Å². The first-order chi connectivity index (χ1) is 18.5. The fraction of sp³-hybridized carbons (Fsp3) is 0.143. The number of para-hydroxylation sites is 1. The minimum Gasteiger partial charge on any atom is -0.508 e. The van der Waals surface area contributed by atoms with Crippen molar-refractivity contribution in [3.8, 4) is 11.5 Å². The number of aliphatic carboxylic acids is 1. The number of amides is 1. The van der Waals surface area contributed by atoms with Crippen molar-refractivity contribution in [3.05, 3.63) is 93.1 Å². The molecule has 0 aliphatic carbocycles. The van der Waals surface area contributed by atoms with Crippen LogP contribution in [-0.2, 0) is 11.2 Å². The highest BCUT2D eigenvalue weighted by Gasteiger charge is 2.29. The molecule has 0 bridgehead atoms. The number of carbonyl (C=O) groups is 4. The Balaban J connectivity index is 1.47. The molecule has 0 radical (unpaired) electrons. The van der Waals surface area contributed by atoms with E-state index in [9.17, 15) is 34.5 Å². The molecule has 3 aromatic carbocycles. The number of halogens is 2. The molecule has 1 heterocycles. The van der Waals surface area contributed by atoms with E-state index >= 15 is 0 Å². The van der Waals surface area contributed by atoms with Gasteiger partial charge in [0.05, 0.1) is 15.6 Å². The molecule has 0 fully saturated rings. The molecule has 0 spiro atoms. The van der Waals surface area contributed by atoms with E-state index in [-0.39, 0.29) is 50.6 Å². The predicted molar refractivity (Wildman–Crippen MR) is 145 cm³/mol. The molecular weight excluding hydrogens is 547 g/mol. The third kappa shape index (κ3) is 6.22. The second kappa shape index (κ2) is 11.6. The van der Waals surface area contributed by atoms with E-state index < -0.39 is 30.1 Å². The Labute approximate surface area is 232 Å². The van der Waals surface area contributed by atoms with Crippen molar-refractivity contribution in [1.29, 1.82) is 0 Å². The van der Waals surface area contributed by atoms with E-state index in [4.69, 9.17) is 23.2 Å². The lowest BCUT2D eigenvalue weighted by molar-refractivity contribution is -0.139. The van der Waals surface area contributed by atoms with Crippen LogP contribution < -0.4 is 5.32 Å². The van der Waals surface area contributed by atoms with Crippen LogP contribution >= 0.6 is 23.2 Å². The number of hydrogen-bond acceptors (Lipinski definition) is 6. The van der Waals surface area contributed by atoms with Crippen molar-refractivity contribution in [2.45, 2.75) is 25.3 Å². The average molecular weight is 569 g/mol. The number of phenols is 1. The number of Topliss-reactive ketones (excluding diaryl/α,β-unsaturated/α-hetero) is 2. The average Bonchev–Trinajstić information content (AvgIpc) is 3.23. The standard InChI is InChI=1S/C28H22Cl2N2O7/c29-18-11-15(22(34)9-8-14-4-3-5-16(33)10-14)12-19(30)24(18)23(35)13-21(28(38)39)32-27(37)25-26(36)17-6-1-2-7-20(17)31-25/h1-7,10-12,21,31,33,36H,8-9,13H2,(H,32,37)(H,38,39)/t21-/m0/s1. The first-order valence-electron chi connectivity index (χ1n) is 11.7. The number of aryl methyl sites for hydroxylation is 1. The van der Waals surface area contributed by atoms with Gasteiger partial charge in [0, 0.05) is 29.3 Å². The van der Waals surface area contributed by atoms with Gasteiger partial charge in [-0.15, -0.1) is 0 Å². The van der Waals surface area contributed by atoms with Gasteiger partial charge in [0.15, 0.2) is 17.3 Å². The first-order valence-corrected chi connectivity index (χ1v) is 12.5. The van der Waals surface area contributed by atoms with Crippen molar-refractivity contribution in [2.75, 3.05) is 0 Å². The van der Waals surface area contributed by atoms with Crippen molar-refractivity contribution < 1.29 is 34.5 Å². The number of fused-ring (bicyclic) bond motifs is 1. The monoisotopic (exact) mass is 568 g/mol. The number of ketones is 2. The maximum atomic E-state index is 13.0. The van der Waals surface area contributed by atoms with Gasteiger partial charge in [-0.1, -0.05) is 47.5 Å². The predicted octanol–water partition coefficient (Wildman–Crippen LogP) is 5.16. The number of carboxylic acids is 1. The normalized spacial score (nSPS) is 11.7. The molecule has 200 valence electrons. The van der Waals surface area contributed by atoms with Crippen molar-refractivity contribution in [2.24, 2.45) is 0 Å². The lowest BCUT2D eigenvalue weighted by Gasteiger charge is -2.15. The number of carboxylic acid groups (broad SMARTS) is 1. The van der Waals surface area contributed by atoms with E-state index in [1.54, 1.807) is 42.5 Å². The van der Waals surface area contributed by atoms with Gasteiger partial charge >= 0.3 is 5.97 Å². The van der Waals surface area contributed by atoms with E-state index in [1.165, 1.54) is 18.2 Å². The SMILES string of the molecule is O=C(CCc1cccc(O)c1)c1cc(Cl)c(C(=O)C[C@H](NC(=O)c2[nH]c3ccccc3c2O)C(=O)O)c(Cl)c1. The Hall–Kier alpha value is -4.34. The molecule has 0 saturated heterocycles. The zero-order chi connectivity index (χ0) is 28.3. The van der Waals surface area contributed by atoms with Crippen LogP contribution in [0.3, 0.4) is 0 Å². The summed E-state index contributed by atoms with van der Waals surface area (Å²) < 4.78 is 0. The molecule has 4 aromatic rings. The number of carbonyl (C=O) groups excluding carboxylic acids is 3. The molecule has 0 saturated carbocycles. The fourth-order valence-corrected chi connectivity index (χ4v) is 4.82. The molecule has 1 amide bonds. The summed E-state index contributed by atoms with van der Waals surface area (Å²) in [7, 11) is 0. The zero-order valence-corrected chi connectivity index (χ0v) is 21.7. The van der Waals surface area contributed by atoms with E-state index in [2.05, 4.69) is 10.3 Å². The van der Waals surface area contributed by atoms with Crippen LogP contribution in [0.2, 0.25) is 10.0 Å². The van der Waals surface area contributed by atoms with E-state index in [0.29, 0.717) is 17.3 Å². The molecule has 1 atom stereocenters. The Morgan fingerprint density at radius 1 is 0.897 bits per heavy atom. The van der Waals surface area contributed by atoms with Crippen molar-refractivity contribution in [3.63, 3.8) is 0 Å². The highest BCUT2D eigenvalue weighted by molar-refractivity contribution is 6.40. The second-order valence-corrected chi connectivity index (χ2v) is 9.61. The summed E-state index contributed by atoms with van der Waals surface area (Å²) in [6, 6.07) is 14.0. The van der Waals surface area contributed by atoms with Gasteiger partial charge in [0.1, 0.15) is 17.5 Å². The van der Waals surface area contributed by atoms with Crippen molar-refractivity contribution >= 4 is 57.5 Å². The van der Waals surface area contributed by atoms with Crippen LogP contribution in [0.1, 0.15) is 49.6 Å². The largest absolute Gasteiger partial charge is 0.508 e. The number of aromatic nitrogens is 1. The Kier molecular flexibility index (Phi) is 8.23. The number of aromatic amines is 1. The number of phenolic OH excluding ortho intramolecular Hbond substituents is 1. The lowest BCUT2D eigenvalue weighted by atomic mass is 9.98. The second-order valence-electron chi connectivity index (χ2n) is 8.79. The highest BCUT2D eigenvalue weighted by atomic mass is 35.5. The molecule has 0 unspecified atom stereocenters. The molecule has 4 rings (SSSR count). The smallest absolute Gasteiger partial charge is 0.326 e. The third-order valence-corrected chi connectivity index (χ3v) is 6.69. The maximum absolute atomic E-state index is 13.0. The van der Waals surface area contributed by atoms with Crippen LogP contribution in [0, 0.1) is 0 Å². The van der Waals surface area contributed by atoms with Crippen LogP contribution in [0.5, 0.6) is 11.5 Å². The number of H-pyrrole nitrogens is 1. The maximum Gasteiger partial charge on any atom is 0.326 e. The van der Waals surface area contributed by atoms with Crippen molar-refractivity contribution in [1.82, 2.24) is 10.3 Å². The zero-order valence-electron chi connectivity index (χ0n) is 20.2. The summed E-state index contributed by atoms with van der Waals surface area (Å²) in [4.78, 5) is 53.0. The van der Waals surface area contributed by atoms with Gasteiger partial charge in [-0.05, 0) is 48.4 Å². The van der Waals surface area contributed by atoms with Crippen LogP contribution in [0.15, 0.2) is 60.7 Å². The molecule has 1 aromatic heterocycles. The number of aromatic hydroxyl groups is 2. The summed E-state index contributed by atoms with van der Waals surface area (Å²) in [6.45, 7) is 0. The van der Waals surface area contributed by atoms with E-state index in [1.807, 2.05) is 0 Å². The Morgan fingerprint density at radius 3 is 2.23 bits per heavy atom. The molecule has 11 heteroatoms. The summed E-state index contributed by atoms with van der Waals surface area (Å²) in [5, 5.41) is 31.9. The van der Waals surface area contributed by atoms with Gasteiger partial charge in [0.25, 0.3) is 5.91 Å². The molecule has 39 heavy (non-hydrogen) atoms. The van der Waals surface area contributed by atoms with Gasteiger partial charge in [-0.2, -0.15) is 0 Å². The summed E-state index contributed by atoms with van der Waals surface area (Å²) >= 11 is 12.6. The van der Waals surface area contributed by atoms with Gasteiger partial charge in [-0.25, -0.2) is 4.79 Å². The molecule has 0 aliphatic heterocycles. The molecule has 0 aliphatic rings. The molecule has 9 nitrogen and oxygen atoms in total. The minimum atomic E-state index is -1.66.